The summed E-state index contributed by atoms with van der Waals surface area (Å²) in [5.41, 5.74) is 6.12. The third kappa shape index (κ3) is 8.48. The average Bonchev–Trinajstić information content (AvgIpc) is 3.50. The quantitative estimate of drug-likeness (QED) is 0.197. The molecule has 1 aliphatic heterocycles. The highest BCUT2D eigenvalue weighted by molar-refractivity contribution is 8.14. The van der Waals surface area contributed by atoms with Crippen LogP contribution in [0.5, 0.6) is 5.75 Å². The van der Waals surface area contributed by atoms with Crippen LogP contribution in [0.4, 0.5) is 23.7 Å². The van der Waals surface area contributed by atoms with Gasteiger partial charge < -0.3 is 15.0 Å². The molecule has 1 N–H and O–H groups in total. The zero-order chi connectivity index (χ0) is 32.8. The van der Waals surface area contributed by atoms with Gasteiger partial charge in [-0.1, -0.05) is 68.9 Å². The molecule has 46 heavy (non-hydrogen) atoms. The van der Waals surface area contributed by atoms with Crippen LogP contribution in [-0.4, -0.2) is 51.2 Å². The molecular formula is C34H37F3N6O2S. The summed E-state index contributed by atoms with van der Waals surface area (Å²) in [5.74, 6) is 1.65. The fourth-order valence-electron chi connectivity index (χ4n) is 5.50. The largest absolute Gasteiger partial charge is 0.573 e. The predicted molar refractivity (Wildman–Crippen MR) is 177 cm³/mol. The van der Waals surface area contributed by atoms with E-state index in [0.717, 1.165) is 47.1 Å². The number of carbonyl (C=O) groups excluding carboxylic acids is 1. The lowest BCUT2D eigenvalue weighted by Gasteiger charge is -2.32. The van der Waals surface area contributed by atoms with Crippen LogP contribution >= 0.6 is 11.8 Å². The zero-order valence-corrected chi connectivity index (χ0v) is 27.0. The Balaban J connectivity index is 1.16. The summed E-state index contributed by atoms with van der Waals surface area (Å²) in [6, 6.07) is 19.3. The van der Waals surface area contributed by atoms with Crippen molar-refractivity contribution in [2.75, 3.05) is 23.7 Å². The van der Waals surface area contributed by atoms with E-state index >= 15 is 0 Å². The highest BCUT2D eigenvalue weighted by atomic mass is 32.2. The lowest BCUT2D eigenvalue weighted by molar-refractivity contribution is -0.274. The molecule has 1 saturated heterocycles. The van der Waals surface area contributed by atoms with E-state index in [1.54, 1.807) is 11.8 Å². The van der Waals surface area contributed by atoms with Crippen LogP contribution < -0.4 is 15.0 Å². The summed E-state index contributed by atoms with van der Waals surface area (Å²) < 4.78 is 42.7. The topological polar surface area (TPSA) is 84.6 Å². The van der Waals surface area contributed by atoms with Crippen LogP contribution in [0.1, 0.15) is 49.8 Å². The van der Waals surface area contributed by atoms with Gasteiger partial charge in [0.2, 0.25) is 0 Å². The summed E-state index contributed by atoms with van der Waals surface area (Å²) in [7, 11) is 0. The van der Waals surface area contributed by atoms with Crippen molar-refractivity contribution in [2.24, 2.45) is 10.9 Å². The minimum absolute atomic E-state index is 0.177. The average molecular weight is 651 g/mol. The monoisotopic (exact) mass is 650 g/mol. The first-order valence-electron chi connectivity index (χ1n) is 15.2. The molecule has 1 fully saturated rings. The van der Waals surface area contributed by atoms with Crippen molar-refractivity contribution in [3.8, 4) is 22.8 Å². The number of urea groups is 1. The van der Waals surface area contributed by atoms with Crippen molar-refractivity contribution in [3.05, 3.63) is 89.7 Å². The Morgan fingerprint density at radius 2 is 1.80 bits per heavy atom. The van der Waals surface area contributed by atoms with E-state index in [2.05, 4.69) is 75.9 Å². The van der Waals surface area contributed by atoms with Gasteiger partial charge in [0, 0.05) is 30.1 Å². The van der Waals surface area contributed by atoms with Crippen molar-refractivity contribution in [3.63, 3.8) is 0 Å². The number of aryl methyl sites for hydroxylation is 1. The number of hydrogen-bond acceptors (Lipinski definition) is 5. The first-order valence-corrected chi connectivity index (χ1v) is 16.2. The van der Waals surface area contributed by atoms with Gasteiger partial charge in [-0.25, -0.2) is 14.5 Å². The molecule has 1 aromatic heterocycles. The molecule has 4 aromatic rings. The van der Waals surface area contributed by atoms with Crippen LogP contribution in [-0.2, 0) is 6.42 Å². The Labute approximate surface area is 271 Å². The number of carbonyl (C=O) groups is 1. The van der Waals surface area contributed by atoms with E-state index in [-0.39, 0.29) is 17.7 Å². The molecule has 1 aliphatic rings. The molecule has 0 radical (unpaired) electrons. The van der Waals surface area contributed by atoms with Crippen molar-refractivity contribution < 1.29 is 22.7 Å². The van der Waals surface area contributed by atoms with E-state index in [4.69, 9.17) is 0 Å². The lowest BCUT2D eigenvalue weighted by atomic mass is 9.95. The smallest absolute Gasteiger partial charge is 0.406 e. The van der Waals surface area contributed by atoms with Gasteiger partial charge in [-0.3, -0.25) is 0 Å². The van der Waals surface area contributed by atoms with Crippen LogP contribution in [0.15, 0.2) is 78.0 Å². The molecule has 0 aliphatic carbocycles. The van der Waals surface area contributed by atoms with E-state index in [0.29, 0.717) is 24.0 Å². The number of rotatable bonds is 9. The number of ether oxygens (including phenoxy) is 1. The Hall–Kier alpha value is -4.32. The fourth-order valence-corrected chi connectivity index (χ4v) is 6.45. The highest BCUT2D eigenvalue weighted by Gasteiger charge is 2.31. The third-order valence-electron chi connectivity index (χ3n) is 7.58. The molecule has 2 amide bonds. The van der Waals surface area contributed by atoms with Gasteiger partial charge in [0.05, 0.1) is 5.69 Å². The SMILES string of the molecule is Cc1cccc(N2CCCS/C2=N\C(=O)NCC(C)Cc2ccc(-c3ncn(-c4ccc(OC(F)(F)F)cc4)n3)cc2)c1C(C)C. The normalized spacial score (nSPS) is 15.3. The number of amides is 2. The Bertz CT molecular complexity index is 1670. The minimum Gasteiger partial charge on any atom is -0.406 e. The molecule has 0 bridgehead atoms. The van der Waals surface area contributed by atoms with Gasteiger partial charge in [-0.15, -0.1) is 18.3 Å². The molecule has 3 aromatic carbocycles. The highest BCUT2D eigenvalue weighted by Crippen LogP contribution is 2.34. The summed E-state index contributed by atoms with van der Waals surface area (Å²) in [6.07, 6.45) is -1.45. The molecule has 8 nitrogen and oxygen atoms in total. The van der Waals surface area contributed by atoms with Gasteiger partial charge in [0.1, 0.15) is 12.1 Å². The maximum Gasteiger partial charge on any atom is 0.573 e. The van der Waals surface area contributed by atoms with Gasteiger partial charge in [0.25, 0.3) is 0 Å². The number of thioether (sulfide) groups is 1. The molecule has 5 rings (SSSR count). The molecule has 1 unspecified atom stereocenters. The first kappa shape index (κ1) is 33.1. The number of hydrogen-bond donors (Lipinski definition) is 1. The molecular weight excluding hydrogens is 613 g/mol. The number of aliphatic imine (C=N–C) groups is 1. The molecule has 2 heterocycles. The molecule has 12 heteroatoms. The predicted octanol–water partition coefficient (Wildman–Crippen LogP) is 8.15. The van der Waals surface area contributed by atoms with E-state index in [1.807, 2.05) is 24.3 Å². The van der Waals surface area contributed by atoms with E-state index in [9.17, 15) is 18.0 Å². The first-order chi connectivity index (χ1) is 22.0. The van der Waals surface area contributed by atoms with Crippen molar-refractivity contribution >= 4 is 28.6 Å². The summed E-state index contributed by atoms with van der Waals surface area (Å²) in [4.78, 5) is 23.9. The second kappa shape index (κ2) is 14.4. The maximum atomic E-state index is 12.9. The number of nitrogens with zero attached hydrogens (tertiary/aromatic N) is 5. The van der Waals surface area contributed by atoms with Crippen molar-refractivity contribution in [1.29, 1.82) is 0 Å². The summed E-state index contributed by atoms with van der Waals surface area (Å²) in [6.45, 7) is 9.92. The number of alkyl halides is 3. The lowest BCUT2D eigenvalue weighted by Crippen LogP contribution is -2.37. The third-order valence-corrected chi connectivity index (χ3v) is 8.64. The van der Waals surface area contributed by atoms with Gasteiger partial charge in [0.15, 0.2) is 11.0 Å². The van der Waals surface area contributed by atoms with Crippen LogP contribution in [0.2, 0.25) is 0 Å². The van der Waals surface area contributed by atoms with Crippen LogP contribution in [0.3, 0.4) is 0 Å². The Morgan fingerprint density at radius 3 is 2.50 bits per heavy atom. The van der Waals surface area contributed by atoms with Gasteiger partial charge in [-0.05, 0) is 78.6 Å². The number of aromatic nitrogens is 3. The van der Waals surface area contributed by atoms with Crippen LogP contribution in [0, 0.1) is 12.8 Å². The van der Waals surface area contributed by atoms with Gasteiger partial charge in [-0.2, -0.15) is 4.99 Å². The minimum atomic E-state index is -4.74. The summed E-state index contributed by atoms with van der Waals surface area (Å²) >= 11 is 1.62. The molecule has 0 spiro atoms. The maximum absolute atomic E-state index is 12.9. The number of halogens is 3. The Morgan fingerprint density at radius 1 is 1.07 bits per heavy atom. The number of anilines is 1. The standard InChI is InChI=1S/C34H37F3N6O2S/c1-22(2)30-24(4)7-5-8-29(30)42-17-6-18-46-33(42)40-32(44)38-20-23(3)19-25-9-11-26(12-10-25)31-39-21-43(41-31)27-13-15-28(16-14-27)45-34(35,36)37/h5,7-16,21-23H,6,17-20H2,1-4H3,(H,38,44)/b40-33-. The zero-order valence-electron chi connectivity index (χ0n) is 26.2. The van der Waals surface area contributed by atoms with Crippen molar-refractivity contribution in [1.82, 2.24) is 20.1 Å². The van der Waals surface area contributed by atoms with Gasteiger partial charge >= 0.3 is 12.4 Å². The summed E-state index contributed by atoms with van der Waals surface area (Å²) in [5, 5.41) is 8.19. The van der Waals surface area contributed by atoms with E-state index in [1.165, 1.54) is 46.4 Å². The Kier molecular flexibility index (Phi) is 10.4. The second-order valence-corrected chi connectivity index (χ2v) is 12.7. The van der Waals surface area contributed by atoms with E-state index < -0.39 is 6.36 Å². The molecule has 242 valence electrons. The number of nitrogens with one attached hydrogen (secondary N) is 1. The molecule has 1 atom stereocenters. The number of benzene rings is 3. The van der Waals surface area contributed by atoms with Crippen molar-refractivity contribution in [2.45, 2.75) is 52.8 Å². The molecule has 0 saturated carbocycles. The number of amidine groups is 1. The fraction of sp³-hybridized carbons (Fsp3) is 0.353. The van der Waals surface area contributed by atoms with Crippen LogP contribution in [0.25, 0.3) is 17.1 Å². The second-order valence-electron chi connectivity index (χ2n) is 11.7.